The molecule has 2 aliphatic heterocycles. The lowest BCUT2D eigenvalue weighted by Gasteiger charge is -2.49. The molecule has 0 spiro atoms. The lowest BCUT2D eigenvalue weighted by Crippen LogP contribution is -2.62. The van der Waals surface area contributed by atoms with E-state index in [0.717, 1.165) is 25.9 Å². The highest BCUT2D eigenvalue weighted by atomic mass is 16.2. The van der Waals surface area contributed by atoms with Crippen molar-refractivity contribution in [2.45, 2.75) is 70.5 Å². The van der Waals surface area contributed by atoms with E-state index in [1.165, 1.54) is 32.2 Å². The molecular formula is C17H31N3O. The molecule has 2 heterocycles. The number of hydrogen-bond donors (Lipinski definition) is 1. The van der Waals surface area contributed by atoms with Gasteiger partial charge in [-0.1, -0.05) is 13.3 Å². The van der Waals surface area contributed by atoms with E-state index in [9.17, 15) is 4.79 Å². The van der Waals surface area contributed by atoms with Crippen molar-refractivity contribution < 1.29 is 4.79 Å². The second kappa shape index (κ2) is 6.25. The van der Waals surface area contributed by atoms with Gasteiger partial charge < -0.3 is 10.6 Å². The molecule has 5 atom stereocenters. The maximum atomic E-state index is 13.0. The van der Waals surface area contributed by atoms with Crippen molar-refractivity contribution in [2.75, 3.05) is 19.6 Å². The average Bonchev–Trinajstić information content (AvgIpc) is 2.48. The van der Waals surface area contributed by atoms with Gasteiger partial charge in [0.25, 0.3) is 0 Å². The Morgan fingerprint density at radius 3 is 2.71 bits per heavy atom. The zero-order valence-corrected chi connectivity index (χ0v) is 13.6. The lowest BCUT2D eigenvalue weighted by molar-refractivity contribution is -0.144. The summed E-state index contributed by atoms with van der Waals surface area (Å²) in [6, 6.07) is 1.01. The molecule has 3 fully saturated rings. The molecule has 1 saturated carbocycles. The van der Waals surface area contributed by atoms with Gasteiger partial charge in [-0.15, -0.1) is 0 Å². The molecule has 4 heteroatoms. The number of hydrogen-bond acceptors (Lipinski definition) is 3. The standard InChI is InChI=1S/C17H31N3O/c1-12-6-7-16(18)15(9-12)17(21)20-11-14-5-3-4-8-19(14)10-13(20)2/h12-16H,3-11,18H2,1-2H3. The summed E-state index contributed by atoms with van der Waals surface area (Å²) >= 11 is 0. The maximum Gasteiger partial charge on any atom is 0.227 e. The first-order valence-electron chi connectivity index (χ1n) is 8.86. The minimum absolute atomic E-state index is 0.0614. The van der Waals surface area contributed by atoms with Gasteiger partial charge in [0.1, 0.15) is 0 Å². The molecule has 2 N–H and O–H groups in total. The highest BCUT2D eigenvalue weighted by Crippen LogP contribution is 2.32. The van der Waals surface area contributed by atoms with E-state index in [1.807, 2.05) is 0 Å². The molecule has 0 bridgehead atoms. The van der Waals surface area contributed by atoms with Gasteiger partial charge in [0.2, 0.25) is 5.91 Å². The summed E-state index contributed by atoms with van der Waals surface area (Å²) in [6.45, 7) is 7.66. The van der Waals surface area contributed by atoms with Crippen molar-refractivity contribution in [2.24, 2.45) is 17.6 Å². The normalized spacial score (nSPS) is 41.7. The number of carbonyl (C=O) groups excluding carboxylic acids is 1. The summed E-state index contributed by atoms with van der Waals surface area (Å²) in [6.07, 6.45) is 7.06. The van der Waals surface area contributed by atoms with Crippen LogP contribution in [-0.4, -0.2) is 53.5 Å². The summed E-state index contributed by atoms with van der Waals surface area (Å²) < 4.78 is 0. The van der Waals surface area contributed by atoms with Gasteiger partial charge in [-0.3, -0.25) is 9.69 Å². The Bertz CT molecular complexity index is 386. The van der Waals surface area contributed by atoms with Crippen molar-refractivity contribution in [3.8, 4) is 0 Å². The summed E-state index contributed by atoms with van der Waals surface area (Å²) in [5.74, 6) is 1.04. The van der Waals surface area contributed by atoms with Crippen LogP contribution >= 0.6 is 0 Å². The molecular weight excluding hydrogens is 262 g/mol. The molecule has 0 aromatic rings. The van der Waals surface area contributed by atoms with E-state index < -0.39 is 0 Å². The third kappa shape index (κ3) is 3.11. The zero-order chi connectivity index (χ0) is 15.0. The molecule has 1 amide bonds. The van der Waals surface area contributed by atoms with Gasteiger partial charge in [-0.05, 0) is 51.5 Å². The van der Waals surface area contributed by atoms with Gasteiger partial charge in [0.15, 0.2) is 0 Å². The molecule has 120 valence electrons. The van der Waals surface area contributed by atoms with Crippen LogP contribution in [0.25, 0.3) is 0 Å². The third-order valence-electron chi connectivity index (χ3n) is 5.95. The highest BCUT2D eigenvalue weighted by molar-refractivity contribution is 5.80. The summed E-state index contributed by atoms with van der Waals surface area (Å²) in [5.41, 5.74) is 6.27. The van der Waals surface area contributed by atoms with Gasteiger partial charge in [0, 0.05) is 31.2 Å². The van der Waals surface area contributed by atoms with Gasteiger partial charge in [-0.2, -0.15) is 0 Å². The number of nitrogens with two attached hydrogens (primary N) is 1. The quantitative estimate of drug-likeness (QED) is 0.802. The smallest absolute Gasteiger partial charge is 0.227 e. The molecule has 5 unspecified atom stereocenters. The summed E-state index contributed by atoms with van der Waals surface area (Å²) in [4.78, 5) is 17.8. The van der Waals surface area contributed by atoms with Crippen LogP contribution < -0.4 is 5.73 Å². The number of amides is 1. The van der Waals surface area contributed by atoms with E-state index in [2.05, 4.69) is 23.6 Å². The van der Waals surface area contributed by atoms with Crippen LogP contribution in [0.15, 0.2) is 0 Å². The predicted octanol–water partition coefficient (Wildman–Crippen LogP) is 1.84. The molecule has 1 aliphatic carbocycles. The van der Waals surface area contributed by atoms with Gasteiger partial charge in [-0.25, -0.2) is 0 Å². The molecule has 3 rings (SSSR count). The Morgan fingerprint density at radius 1 is 1.10 bits per heavy atom. The topological polar surface area (TPSA) is 49.6 Å². The maximum absolute atomic E-state index is 13.0. The Labute approximate surface area is 129 Å². The molecule has 0 aromatic heterocycles. The van der Waals surface area contributed by atoms with Crippen molar-refractivity contribution >= 4 is 5.91 Å². The second-order valence-electron chi connectivity index (χ2n) is 7.67. The van der Waals surface area contributed by atoms with Crippen LogP contribution in [0.5, 0.6) is 0 Å². The Hall–Kier alpha value is -0.610. The number of piperidine rings is 1. The van der Waals surface area contributed by atoms with Crippen molar-refractivity contribution in [1.82, 2.24) is 9.80 Å². The number of nitrogens with zero attached hydrogens (tertiary/aromatic N) is 2. The monoisotopic (exact) mass is 293 g/mol. The van der Waals surface area contributed by atoms with Gasteiger partial charge >= 0.3 is 0 Å². The number of piperazine rings is 1. The minimum Gasteiger partial charge on any atom is -0.337 e. The Balaban J connectivity index is 1.68. The fraction of sp³-hybridized carbons (Fsp3) is 0.941. The summed E-state index contributed by atoms with van der Waals surface area (Å²) in [7, 11) is 0. The molecule has 3 aliphatic rings. The highest BCUT2D eigenvalue weighted by Gasteiger charge is 2.40. The molecule has 2 saturated heterocycles. The average molecular weight is 293 g/mol. The Morgan fingerprint density at radius 2 is 1.90 bits per heavy atom. The van der Waals surface area contributed by atoms with E-state index >= 15 is 0 Å². The van der Waals surface area contributed by atoms with Crippen molar-refractivity contribution in [1.29, 1.82) is 0 Å². The predicted molar refractivity (Wildman–Crippen MR) is 84.9 cm³/mol. The number of fused-ring (bicyclic) bond motifs is 1. The first-order chi connectivity index (χ1) is 10.1. The minimum atomic E-state index is 0.0614. The number of carbonyl (C=O) groups is 1. The Kier molecular flexibility index (Phi) is 4.55. The number of rotatable bonds is 1. The van der Waals surface area contributed by atoms with Crippen LogP contribution in [0, 0.1) is 11.8 Å². The van der Waals surface area contributed by atoms with E-state index in [0.29, 0.717) is 23.9 Å². The van der Waals surface area contributed by atoms with Crippen LogP contribution in [0.4, 0.5) is 0 Å². The molecule has 0 aromatic carbocycles. The second-order valence-corrected chi connectivity index (χ2v) is 7.67. The molecule has 0 radical (unpaired) electrons. The van der Waals surface area contributed by atoms with E-state index in [-0.39, 0.29) is 12.0 Å². The van der Waals surface area contributed by atoms with E-state index in [1.54, 1.807) is 0 Å². The molecule has 4 nitrogen and oxygen atoms in total. The first kappa shape index (κ1) is 15.3. The van der Waals surface area contributed by atoms with E-state index in [4.69, 9.17) is 5.73 Å². The zero-order valence-electron chi connectivity index (χ0n) is 13.6. The van der Waals surface area contributed by atoms with Crippen LogP contribution in [-0.2, 0) is 4.79 Å². The fourth-order valence-corrected chi connectivity index (χ4v) is 4.56. The van der Waals surface area contributed by atoms with Crippen molar-refractivity contribution in [3.05, 3.63) is 0 Å². The molecule has 21 heavy (non-hydrogen) atoms. The van der Waals surface area contributed by atoms with Gasteiger partial charge in [0.05, 0.1) is 5.92 Å². The van der Waals surface area contributed by atoms with Crippen LogP contribution in [0.3, 0.4) is 0 Å². The fourth-order valence-electron chi connectivity index (χ4n) is 4.56. The largest absolute Gasteiger partial charge is 0.337 e. The summed E-state index contributed by atoms with van der Waals surface area (Å²) in [5, 5.41) is 0. The third-order valence-corrected chi connectivity index (χ3v) is 5.95. The van der Waals surface area contributed by atoms with Crippen LogP contribution in [0.1, 0.15) is 52.4 Å². The first-order valence-corrected chi connectivity index (χ1v) is 8.86. The SMILES string of the molecule is CC1CCC(N)C(C(=O)N2CC3CCCCN3CC2C)C1. The van der Waals surface area contributed by atoms with Crippen molar-refractivity contribution in [3.63, 3.8) is 0 Å². The van der Waals surface area contributed by atoms with Crippen LogP contribution in [0.2, 0.25) is 0 Å². The lowest BCUT2D eigenvalue weighted by atomic mass is 9.78.